The van der Waals surface area contributed by atoms with Crippen LogP contribution < -0.4 is 4.90 Å². The van der Waals surface area contributed by atoms with E-state index in [1.165, 1.54) is 5.56 Å². The molecule has 0 aromatic heterocycles. The second-order valence-electron chi connectivity index (χ2n) is 5.53. The van der Waals surface area contributed by atoms with Crippen LogP contribution in [0.5, 0.6) is 0 Å². The van der Waals surface area contributed by atoms with Crippen molar-refractivity contribution in [3.05, 3.63) is 77.2 Å². The first-order valence-electron chi connectivity index (χ1n) is 7.14. The molecule has 3 nitrogen and oxygen atoms in total. The zero-order valence-electron chi connectivity index (χ0n) is 11.5. The highest BCUT2D eigenvalue weighted by Crippen LogP contribution is 2.43. The number of anilines is 1. The lowest BCUT2D eigenvalue weighted by Gasteiger charge is -2.25. The maximum absolute atomic E-state index is 11.6. The normalized spacial score (nSPS) is 22.4. The van der Waals surface area contributed by atoms with Gasteiger partial charge in [-0.05, 0) is 35.3 Å². The first kappa shape index (κ1) is 12.2. The molecule has 1 aliphatic carbocycles. The number of carboxylic acids is 1. The molecule has 104 valence electrons. The number of carbonyl (C=O) groups is 1. The second kappa shape index (κ2) is 4.48. The molecule has 1 atom stereocenters. The van der Waals surface area contributed by atoms with Crippen LogP contribution in [0.2, 0.25) is 0 Å². The van der Waals surface area contributed by atoms with Gasteiger partial charge in [0.15, 0.2) is 0 Å². The number of aliphatic carboxylic acids is 1. The molecule has 0 saturated carbocycles. The molecule has 1 aromatic rings. The van der Waals surface area contributed by atoms with Crippen LogP contribution in [-0.4, -0.2) is 11.1 Å². The summed E-state index contributed by atoms with van der Waals surface area (Å²) in [6, 6.07) is 8.26. The summed E-state index contributed by atoms with van der Waals surface area (Å²) in [5.74, 6) is -1.20. The van der Waals surface area contributed by atoms with Crippen molar-refractivity contribution in [2.45, 2.75) is 12.8 Å². The molecule has 3 heteroatoms. The lowest BCUT2D eigenvalue weighted by atomic mass is 9.83. The Morgan fingerprint density at radius 2 is 2.14 bits per heavy atom. The van der Waals surface area contributed by atoms with Crippen molar-refractivity contribution < 1.29 is 9.90 Å². The lowest BCUT2D eigenvalue weighted by Crippen LogP contribution is -2.23. The average Bonchev–Trinajstić information content (AvgIpc) is 2.75. The number of benzene rings is 1. The Morgan fingerprint density at radius 1 is 1.29 bits per heavy atom. The Morgan fingerprint density at radius 3 is 3.00 bits per heavy atom. The summed E-state index contributed by atoms with van der Waals surface area (Å²) in [6.45, 7) is 0. The van der Waals surface area contributed by atoms with Crippen molar-refractivity contribution in [2.75, 3.05) is 4.90 Å². The number of carboxylic acid groups (broad SMARTS) is 1. The van der Waals surface area contributed by atoms with E-state index in [2.05, 4.69) is 17.0 Å². The van der Waals surface area contributed by atoms with E-state index >= 15 is 0 Å². The fourth-order valence-corrected chi connectivity index (χ4v) is 3.41. The smallest absolute Gasteiger partial charge is 0.311 e. The fraction of sp³-hybridized carbons (Fsp3) is 0.167. The van der Waals surface area contributed by atoms with Gasteiger partial charge in [0.1, 0.15) is 0 Å². The molecule has 21 heavy (non-hydrogen) atoms. The van der Waals surface area contributed by atoms with Gasteiger partial charge in [0.05, 0.1) is 5.92 Å². The van der Waals surface area contributed by atoms with Crippen LogP contribution in [0.1, 0.15) is 12.0 Å². The standard InChI is InChI=1S/C18H15NO2/c20-18(21)14-8-3-6-12-7-4-10-19-15-9-2-1-5-13(15)11-16(19)17(12)14/h1-7,9-10,14H,8,11H2,(H,20,21)/t14-/m1/s1. The summed E-state index contributed by atoms with van der Waals surface area (Å²) in [5, 5.41) is 9.57. The molecule has 4 rings (SSSR count). The van der Waals surface area contributed by atoms with Crippen molar-refractivity contribution >= 4 is 11.7 Å². The topological polar surface area (TPSA) is 40.5 Å². The van der Waals surface area contributed by atoms with Gasteiger partial charge >= 0.3 is 5.97 Å². The van der Waals surface area contributed by atoms with Crippen LogP contribution in [0.15, 0.2) is 71.6 Å². The molecule has 0 unspecified atom stereocenters. The zero-order valence-corrected chi connectivity index (χ0v) is 11.5. The van der Waals surface area contributed by atoms with Crippen molar-refractivity contribution in [1.29, 1.82) is 0 Å². The third-order valence-corrected chi connectivity index (χ3v) is 4.35. The maximum atomic E-state index is 11.6. The van der Waals surface area contributed by atoms with Crippen LogP contribution in [0.25, 0.3) is 0 Å². The minimum atomic E-state index is -0.745. The first-order chi connectivity index (χ1) is 10.3. The monoisotopic (exact) mass is 277 g/mol. The van der Waals surface area contributed by atoms with E-state index in [0.717, 1.165) is 29.0 Å². The molecule has 0 amide bonds. The third kappa shape index (κ3) is 1.77. The summed E-state index contributed by atoms with van der Waals surface area (Å²) in [5.41, 5.74) is 5.50. The predicted molar refractivity (Wildman–Crippen MR) is 81.8 cm³/mol. The third-order valence-electron chi connectivity index (χ3n) is 4.35. The lowest BCUT2D eigenvalue weighted by molar-refractivity contribution is -0.140. The molecule has 1 aromatic carbocycles. The van der Waals surface area contributed by atoms with Gasteiger partial charge in [-0.3, -0.25) is 4.79 Å². The van der Waals surface area contributed by atoms with Crippen LogP contribution in [0.4, 0.5) is 5.69 Å². The van der Waals surface area contributed by atoms with Crippen molar-refractivity contribution in [3.8, 4) is 0 Å². The highest BCUT2D eigenvalue weighted by Gasteiger charge is 2.34. The van der Waals surface area contributed by atoms with Crippen LogP contribution >= 0.6 is 0 Å². The molecular formula is C18H15NO2. The van der Waals surface area contributed by atoms with Gasteiger partial charge in [-0.2, -0.15) is 0 Å². The molecule has 0 spiro atoms. The van der Waals surface area contributed by atoms with Crippen LogP contribution in [-0.2, 0) is 11.2 Å². The number of rotatable bonds is 1. The Bertz CT molecular complexity index is 752. The van der Waals surface area contributed by atoms with E-state index in [1.54, 1.807) is 0 Å². The average molecular weight is 277 g/mol. The number of hydrogen-bond donors (Lipinski definition) is 1. The largest absolute Gasteiger partial charge is 0.481 e. The van der Waals surface area contributed by atoms with Gasteiger partial charge in [-0.15, -0.1) is 0 Å². The van der Waals surface area contributed by atoms with Gasteiger partial charge in [0, 0.05) is 24.0 Å². The Hall–Kier alpha value is -2.55. The Kier molecular flexibility index (Phi) is 2.61. The molecule has 0 fully saturated rings. The van der Waals surface area contributed by atoms with Crippen molar-refractivity contribution in [2.24, 2.45) is 5.92 Å². The molecule has 0 bridgehead atoms. The SMILES string of the molecule is O=C(O)[C@@H]1CC=CC2=CC=CN3C(=C21)Cc1ccccc13. The van der Waals surface area contributed by atoms with E-state index in [1.807, 2.05) is 42.6 Å². The predicted octanol–water partition coefficient (Wildman–Crippen LogP) is 3.42. The van der Waals surface area contributed by atoms with Gasteiger partial charge in [-0.25, -0.2) is 0 Å². The van der Waals surface area contributed by atoms with Crippen LogP contribution in [0.3, 0.4) is 0 Å². The maximum Gasteiger partial charge on any atom is 0.311 e. The highest BCUT2D eigenvalue weighted by atomic mass is 16.4. The van der Waals surface area contributed by atoms with Crippen LogP contribution in [0, 0.1) is 5.92 Å². The molecule has 1 N–H and O–H groups in total. The van der Waals surface area contributed by atoms with Crippen molar-refractivity contribution in [3.63, 3.8) is 0 Å². The number of hydrogen-bond acceptors (Lipinski definition) is 2. The molecule has 2 heterocycles. The van der Waals surface area contributed by atoms with E-state index in [4.69, 9.17) is 0 Å². The van der Waals surface area contributed by atoms with E-state index in [0.29, 0.717) is 6.42 Å². The minimum Gasteiger partial charge on any atom is -0.481 e. The van der Waals surface area contributed by atoms with Crippen molar-refractivity contribution in [1.82, 2.24) is 0 Å². The van der Waals surface area contributed by atoms with Gasteiger partial charge in [0.25, 0.3) is 0 Å². The summed E-state index contributed by atoms with van der Waals surface area (Å²) >= 11 is 0. The summed E-state index contributed by atoms with van der Waals surface area (Å²) < 4.78 is 0. The number of fused-ring (bicyclic) bond motifs is 4. The van der Waals surface area contributed by atoms with E-state index < -0.39 is 11.9 Å². The first-order valence-corrected chi connectivity index (χ1v) is 7.14. The number of nitrogens with zero attached hydrogens (tertiary/aromatic N) is 1. The molecule has 2 aliphatic heterocycles. The minimum absolute atomic E-state index is 0.451. The highest BCUT2D eigenvalue weighted by molar-refractivity contribution is 5.80. The fourth-order valence-electron chi connectivity index (χ4n) is 3.41. The molecule has 3 aliphatic rings. The zero-order chi connectivity index (χ0) is 14.4. The quantitative estimate of drug-likeness (QED) is 0.855. The van der Waals surface area contributed by atoms with Gasteiger partial charge < -0.3 is 10.0 Å². The summed E-state index contributed by atoms with van der Waals surface area (Å²) in [4.78, 5) is 13.8. The molecular weight excluding hydrogens is 262 g/mol. The second-order valence-corrected chi connectivity index (χ2v) is 5.53. The molecule has 0 saturated heterocycles. The Balaban J connectivity index is 1.94. The van der Waals surface area contributed by atoms with Gasteiger partial charge in [0.2, 0.25) is 0 Å². The number of para-hydroxylation sites is 1. The number of allylic oxidation sites excluding steroid dienone is 6. The van der Waals surface area contributed by atoms with E-state index in [9.17, 15) is 9.90 Å². The Labute approximate surface area is 123 Å². The molecule has 0 radical (unpaired) electrons. The summed E-state index contributed by atoms with van der Waals surface area (Å²) in [6.07, 6.45) is 11.4. The van der Waals surface area contributed by atoms with Gasteiger partial charge in [-0.1, -0.05) is 36.4 Å². The summed E-state index contributed by atoms with van der Waals surface area (Å²) in [7, 11) is 0. The van der Waals surface area contributed by atoms with E-state index in [-0.39, 0.29) is 0 Å².